The van der Waals surface area contributed by atoms with Crippen LogP contribution in [0.2, 0.25) is 0 Å². The average molecular weight is 272 g/mol. The highest BCUT2D eigenvalue weighted by Gasteiger charge is 2.27. The zero-order valence-corrected chi connectivity index (χ0v) is 14.5. The number of fused-ring (bicyclic) bond motifs is 1. The van der Waals surface area contributed by atoms with E-state index in [0.29, 0.717) is 11.8 Å². The maximum Gasteiger partial charge on any atom is -0.0121 e. The van der Waals surface area contributed by atoms with E-state index < -0.39 is 0 Å². The molecule has 0 N–H and O–H groups in total. The normalized spacial score (nSPS) is 20.1. The van der Waals surface area contributed by atoms with E-state index in [-0.39, 0.29) is 0 Å². The molecular weight excluding hydrogens is 240 g/mol. The summed E-state index contributed by atoms with van der Waals surface area (Å²) in [6, 6.07) is 6.86. The van der Waals surface area contributed by atoms with Gasteiger partial charge in [-0.1, -0.05) is 82.7 Å². The van der Waals surface area contributed by atoms with Gasteiger partial charge in [0.1, 0.15) is 0 Å². The lowest BCUT2D eigenvalue weighted by molar-refractivity contribution is 0.589. The van der Waals surface area contributed by atoms with Crippen molar-refractivity contribution in [2.45, 2.75) is 60.8 Å². The fourth-order valence-electron chi connectivity index (χ4n) is 2.63. The zero-order valence-electron chi connectivity index (χ0n) is 14.5. The number of hydrogen-bond donors (Lipinski definition) is 0. The van der Waals surface area contributed by atoms with Crippen molar-refractivity contribution in [1.82, 2.24) is 0 Å². The monoisotopic (exact) mass is 272 g/mol. The Kier molecular flexibility index (Phi) is 8.96. The summed E-state index contributed by atoms with van der Waals surface area (Å²) in [6.45, 7) is 18.5. The number of hydrogen-bond acceptors (Lipinski definition) is 0. The van der Waals surface area contributed by atoms with Crippen molar-refractivity contribution in [3.8, 4) is 0 Å². The van der Waals surface area contributed by atoms with Crippen LogP contribution < -0.4 is 0 Å². The highest BCUT2D eigenvalue weighted by molar-refractivity contribution is 5.40. The second-order valence-electron chi connectivity index (χ2n) is 4.97. The summed E-state index contributed by atoms with van der Waals surface area (Å²) in [7, 11) is 0. The lowest BCUT2D eigenvalue weighted by atomic mass is 9.93. The first kappa shape index (κ1) is 18.7. The predicted molar refractivity (Wildman–Crippen MR) is 93.4 cm³/mol. The number of rotatable bonds is 2. The van der Waals surface area contributed by atoms with Gasteiger partial charge in [0.15, 0.2) is 0 Å². The first-order valence-electron chi connectivity index (χ1n) is 8.02. The molecule has 2 atom stereocenters. The van der Waals surface area contributed by atoms with Crippen LogP contribution in [0.4, 0.5) is 0 Å². The lowest BCUT2D eigenvalue weighted by Crippen LogP contribution is -2.01. The Morgan fingerprint density at radius 3 is 2.35 bits per heavy atom. The van der Waals surface area contributed by atoms with Gasteiger partial charge in [-0.15, -0.1) is 0 Å². The van der Waals surface area contributed by atoms with Crippen LogP contribution in [-0.4, -0.2) is 0 Å². The minimum atomic E-state index is 0.644. The molecule has 0 spiro atoms. The summed E-state index contributed by atoms with van der Waals surface area (Å²) in [5.74, 6) is 1.29. The molecule has 2 rings (SSSR count). The topological polar surface area (TPSA) is 0 Å². The Hall–Kier alpha value is -1.30. The number of allylic oxidation sites excluding steroid dienone is 3. The van der Waals surface area contributed by atoms with Gasteiger partial charge in [0.25, 0.3) is 0 Å². The zero-order chi connectivity index (χ0) is 15.7. The van der Waals surface area contributed by atoms with E-state index in [1.54, 1.807) is 0 Å². The standard InChI is InChI=1S/C16H20.2C2H6/c1-5-11(2)8-14-10-15-9-12(3)6-7-16(15)13(14)4;2*1-2/h5-9,13-14H,1,10H2,2-4H3;2*1-2H3/b11-8-;;. The molecular formula is C20H32. The molecule has 0 aromatic heterocycles. The van der Waals surface area contributed by atoms with Crippen LogP contribution >= 0.6 is 0 Å². The molecule has 0 fully saturated rings. The fraction of sp³-hybridized carbons (Fsp3) is 0.500. The predicted octanol–water partition coefficient (Wildman–Crippen LogP) is 6.46. The molecule has 0 bridgehead atoms. The van der Waals surface area contributed by atoms with Crippen molar-refractivity contribution >= 4 is 0 Å². The average Bonchev–Trinajstić information content (AvgIpc) is 2.79. The molecule has 20 heavy (non-hydrogen) atoms. The molecule has 1 aliphatic rings. The molecule has 1 aromatic rings. The Morgan fingerprint density at radius 1 is 1.20 bits per heavy atom. The maximum absolute atomic E-state index is 3.82. The van der Waals surface area contributed by atoms with Gasteiger partial charge < -0.3 is 0 Å². The van der Waals surface area contributed by atoms with Crippen molar-refractivity contribution < 1.29 is 0 Å². The highest BCUT2D eigenvalue weighted by atomic mass is 14.3. The van der Waals surface area contributed by atoms with Crippen LogP contribution in [-0.2, 0) is 6.42 Å². The summed E-state index contributed by atoms with van der Waals surface area (Å²) < 4.78 is 0. The van der Waals surface area contributed by atoms with Gasteiger partial charge in [-0.05, 0) is 43.2 Å². The van der Waals surface area contributed by atoms with Crippen molar-refractivity contribution in [2.24, 2.45) is 5.92 Å². The van der Waals surface area contributed by atoms with Crippen LogP contribution in [0.25, 0.3) is 0 Å². The fourth-order valence-corrected chi connectivity index (χ4v) is 2.63. The summed E-state index contributed by atoms with van der Waals surface area (Å²) >= 11 is 0. The first-order valence-corrected chi connectivity index (χ1v) is 8.02. The van der Waals surface area contributed by atoms with Crippen molar-refractivity contribution in [3.63, 3.8) is 0 Å². The third-order valence-corrected chi connectivity index (χ3v) is 3.69. The summed E-state index contributed by atoms with van der Waals surface area (Å²) in [5.41, 5.74) is 5.73. The third kappa shape index (κ3) is 4.67. The van der Waals surface area contributed by atoms with Crippen LogP contribution in [0.5, 0.6) is 0 Å². The largest absolute Gasteiger partial charge is 0.0988 e. The molecule has 2 unspecified atom stereocenters. The number of benzene rings is 1. The van der Waals surface area contributed by atoms with E-state index in [9.17, 15) is 0 Å². The minimum Gasteiger partial charge on any atom is -0.0988 e. The summed E-state index contributed by atoms with van der Waals surface area (Å²) in [5, 5.41) is 0. The molecule has 0 radical (unpaired) electrons. The second kappa shape index (κ2) is 9.58. The van der Waals surface area contributed by atoms with E-state index in [1.807, 2.05) is 33.8 Å². The Morgan fingerprint density at radius 2 is 1.80 bits per heavy atom. The summed E-state index contributed by atoms with van der Waals surface area (Å²) in [6.07, 6.45) is 5.50. The minimum absolute atomic E-state index is 0.644. The Labute approximate surface area is 126 Å². The lowest BCUT2D eigenvalue weighted by Gasteiger charge is -2.12. The van der Waals surface area contributed by atoms with Gasteiger partial charge in [0.05, 0.1) is 0 Å². The van der Waals surface area contributed by atoms with Gasteiger partial charge in [0.2, 0.25) is 0 Å². The maximum atomic E-state index is 3.82. The quantitative estimate of drug-likeness (QED) is 0.542. The molecule has 0 saturated heterocycles. The SMILES string of the molecule is C=C/C(C)=C\C1Cc2cc(C)ccc2C1C.CC.CC. The Balaban J connectivity index is 0.000000829. The van der Waals surface area contributed by atoms with E-state index in [1.165, 1.54) is 28.7 Å². The van der Waals surface area contributed by atoms with Crippen molar-refractivity contribution in [2.75, 3.05) is 0 Å². The smallest absolute Gasteiger partial charge is 0.0121 e. The van der Waals surface area contributed by atoms with E-state index >= 15 is 0 Å². The molecule has 112 valence electrons. The van der Waals surface area contributed by atoms with Crippen LogP contribution in [0.1, 0.15) is 64.2 Å². The van der Waals surface area contributed by atoms with Gasteiger partial charge in [-0.3, -0.25) is 0 Å². The highest BCUT2D eigenvalue weighted by Crippen LogP contribution is 2.39. The number of aryl methyl sites for hydroxylation is 1. The third-order valence-electron chi connectivity index (χ3n) is 3.69. The van der Waals surface area contributed by atoms with Crippen LogP contribution in [0, 0.1) is 12.8 Å². The van der Waals surface area contributed by atoms with E-state index in [0.717, 1.165) is 0 Å². The van der Waals surface area contributed by atoms with Gasteiger partial charge in [-0.25, -0.2) is 0 Å². The van der Waals surface area contributed by atoms with E-state index in [2.05, 4.69) is 51.6 Å². The molecule has 0 aliphatic heterocycles. The van der Waals surface area contributed by atoms with Gasteiger partial charge >= 0.3 is 0 Å². The van der Waals surface area contributed by atoms with Gasteiger partial charge in [-0.2, -0.15) is 0 Å². The molecule has 0 amide bonds. The molecule has 0 saturated carbocycles. The van der Waals surface area contributed by atoms with Crippen LogP contribution in [0.15, 0.2) is 42.5 Å². The molecule has 1 aliphatic carbocycles. The Bertz CT molecular complexity index is 437. The van der Waals surface area contributed by atoms with E-state index in [4.69, 9.17) is 0 Å². The van der Waals surface area contributed by atoms with Gasteiger partial charge in [0, 0.05) is 0 Å². The molecule has 0 nitrogen and oxygen atoms in total. The van der Waals surface area contributed by atoms with Crippen molar-refractivity contribution in [1.29, 1.82) is 0 Å². The molecule has 0 heterocycles. The first-order chi connectivity index (χ1) is 9.61. The van der Waals surface area contributed by atoms with Crippen molar-refractivity contribution in [3.05, 3.63) is 59.2 Å². The second-order valence-corrected chi connectivity index (χ2v) is 4.97. The molecule has 0 heteroatoms. The summed E-state index contributed by atoms with van der Waals surface area (Å²) in [4.78, 5) is 0. The molecule has 1 aromatic carbocycles. The van der Waals surface area contributed by atoms with Crippen LogP contribution in [0.3, 0.4) is 0 Å².